The predicted molar refractivity (Wildman–Crippen MR) is 109 cm³/mol. The van der Waals surface area contributed by atoms with Crippen molar-refractivity contribution in [2.24, 2.45) is 15.5 Å². The summed E-state index contributed by atoms with van der Waals surface area (Å²) in [6, 6.07) is 1.79. The van der Waals surface area contributed by atoms with E-state index in [4.69, 9.17) is 4.84 Å². The van der Waals surface area contributed by atoms with Crippen LogP contribution in [0, 0.1) is 29.2 Å². The molecule has 13 heteroatoms. The Morgan fingerprint density at radius 2 is 1.82 bits per heavy atom. The number of rotatable bonds is 4. The highest BCUT2D eigenvalue weighted by Gasteiger charge is 2.38. The molecule has 1 fully saturated rings. The first kappa shape index (κ1) is 23.1. The first-order chi connectivity index (χ1) is 15.5. The lowest BCUT2D eigenvalue weighted by atomic mass is 9.98. The fraction of sp³-hybridized carbons (Fsp3) is 0.350. The molecule has 2 unspecified atom stereocenters. The molecule has 2 aromatic rings. The average molecular weight is 488 g/mol. The molecule has 176 valence electrons. The second-order valence-electron chi connectivity index (χ2n) is 7.71. The Kier molecular flexibility index (Phi) is 6.08. The van der Waals surface area contributed by atoms with Gasteiger partial charge in [-0.25, -0.2) is 30.4 Å². The van der Waals surface area contributed by atoms with Crippen LogP contribution in [0.1, 0.15) is 18.2 Å². The van der Waals surface area contributed by atoms with Crippen LogP contribution in [-0.2, 0) is 14.9 Å². The molecule has 1 aromatic heterocycles. The van der Waals surface area contributed by atoms with E-state index in [1.165, 1.54) is 4.90 Å². The zero-order valence-corrected chi connectivity index (χ0v) is 17.9. The Morgan fingerprint density at radius 1 is 1.12 bits per heavy atom. The molecule has 0 saturated carbocycles. The Bertz CT molecular complexity index is 1230. The number of hydrogen-bond acceptors (Lipinski definition) is 6. The topological polar surface area (TPSA) is 84.2 Å². The van der Waals surface area contributed by atoms with Gasteiger partial charge in [0.1, 0.15) is 35.3 Å². The summed E-state index contributed by atoms with van der Waals surface area (Å²) in [5.41, 5.74) is -0.974. The normalized spacial score (nSPS) is 23.3. The van der Waals surface area contributed by atoms with E-state index >= 15 is 0 Å². The number of benzene rings is 1. The minimum Gasteiger partial charge on any atom is -0.384 e. The summed E-state index contributed by atoms with van der Waals surface area (Å²) in [5, 5.41) is 3.90. The number of likely N-dealkylation sites (tertiary alicyclic amines) is 1. The highest BCUT2D eigenvalue weighted by atomic mass is 32.2. The fourth-order valence-electron chi connectivity index (χ4n) is 3.73. The van der Waals surface area contributed by atoms with Gasteiger partial charge in [-0.05, 0) is 6.07 Å². The van der Waals surface area contributed by atoms with Crippen molar-refractivity contribution in [3.63, 3.8) is 0 Å². The number of hydrogen-bond donors (Lipinski definition) is 0. The second kappa shape index (κ2) is 8.69. The van der Waals surface area contributed by atoms with Gasteiger partial charge in [0, 0.05) is 36.4 Å². The zero-order chi connectivity index (χ0) is 23.9. The molecule has 0 bridgehead atoms. The zero-order valence-electron chi connectivity index (χ0n) is 17.1. The van der Waals surface area contributed by atoms with Crippen LogP contribution in [0.3, 0.4) is 0 Å². The fourth-order valence-corrected chi connectivity index (χ4v) is 4.11. The van der Waals surface area contributed by atoms with E-state index in [0.717, 1.165) is 24.7 Å². The highest BCUT2D eigenvalue weighted by molar-refractivity contribution is 7.89. The van der Waals surface area contributed by atoms with Crippen molar-refractivity contribution >= 4 is 22.1 Å². The first-order valence-electron chi connectivity index (χ1n) is 9.69. The van der Waals surface area contributed by atoms with Crippen LogP contribution in [0.25, 0.3) is 11.1 Å². The largest absolute Gasteiger partial charge is 0.384 e. The van der Waals surface area contributed by atoms with Crippen LogP contribution in [0.2, 0.25) is 0 Å². The van der Waals surface area contributed by atoms with Crippen molar-refractivity contribution in [1.29, 1.82) is 0 Å². The summed E-state index contributed by atoms with van der Waals surface area (Å²) in [6.07, 6.45) is 0.417. The molecule has 3 heterocycles. The minimum absolute atomic E-state index is 0.0265. The van der Waals surface area contributed by atoms with Gasteiger partial charge in [-0.2, -0.15) is 4.40 Å². The maximum absolute atomic E-state index is 14.4. The van der Waals surface area contributed by atoms with Gasteiger partial charge in [0.25, 0.3) is 0 Å². The van der Waals surface area contributed by atoms with Gasteiger partial charge in [-0.3, -0.25) is 4.98 Å². The summed E-state index contributed by atoms with van der Waals surface area (Å²) in [7, 11) is -3.66. The van der Waals surface area contributed by atoms with E-state index in [1.807, 2.05) is 0 Å². The summed E-state index contributed by atoms with van der Waals surface area (Å²) < 4.78 is 96.0. The molecule has 2 aliphatic rings. The smallest absolute Gasteiger partial charge is 0.249 e. The number of aromatic nitrogens is 1. The van der Waals surface area contributed by atoms with Gasteiger partial charge < -0.3 is 9.74 Å². The third-order valence-electron chi connectivity index (χ3n) is 5.22. The third-order valence-corrected chi connectivity index (χ3v) is 5.72. The van der Waals surface area contributed by atoms with Gasteiger partial charge in [-0.15, -0.1) is 0 Å². The van der Waals surface area contributed by atoms with Crippen molar-refractivity contribution in [3.8, 4) is 11.1 Å². The van der Waals surface area contributed by atoms with Crippen molar-refractivity contribution in [3.05, 3.63) is 53.4 Å². The van der Waals surface area contributed by atoms with E-state index in [-0.39, 0.29) is 30.8 Å². The number of halogens is 5. The van der Waals surface area contributed by atoms with E-state index in [2.05, 4.69) is 14.5 Å². The summed E-state index contributed by atoms with van der Waals surface area (Å²) in [4.78, 5) is 10.8. The number of nitrogens with zero attached hydrogens (tertiary/aromatic N) is 4. The monoisotopic (exact) mass is 488 g/mol. The average Bonchev–Trinajstić information content (AvgIpc) is 3.32. The quantitative estimate of drug-likeness (QED) is 0.487. The van der Waals surface area contributed by atoms with Crippen molar-refractivity contribution < 1.29 is 35.2 Å². The molecule has 33 heavy (non-hydrogen) atoms. The molecule has 0 N–H and O–H groups in total. The molecule has 3 atom stereocenters. The van der Waals surface area contributed by atoms with Gasteiger partial charge in [0.05, 0.1) is 36.7 Å². The van der Waals surface area contributed by atoms with Gasteiger partial charge in [0.2, 0.25) is 10.0 Å². The summed E-state index contributed by atoms with van der Waals surface area (Å²) in [6.45, 7) is -0.0136. The molecule has 1 aromatic carbocycles. The highest BCUT2D eigenvalue weighted by Crippen LogP contribution is 2.37. The van der Waals surface area contributed by atoms with E-state index in [9.17, 15) is 30.4 Å². The van der Waals surface area contributed by atoms with Crippen molar-refractivity contribution in [2.45, 2.75) is 18.7 Å². The molecule has 0 amide bonds. The molecule has 7 nitrogen and oxygen atoms in total. The van der Waals surface area contributed by atoms with Gasteiger partial charge >= 0.3 is 0 Å². The van der Waals surface area contributed by atoms with Crippen molar-refractivity contribution in [1.82, 2.24) is 9.88 Å². The second-order valence-corrected chi connectivity index (χ2v) is 9.39. The van der Waals surface area contributed by atoms with E-state index in [1.54, 1.807) is 0 Å². The number of oxime groups is 1. The Labute approximate surface area is 185 Å². The SMILES string of the molecule is CS(=O)(=O)N=CC1CN(C2=NOC(c3ncc(F)cc3-c3c(F)cc(F)cc3F)C2)C[C@@H]1F. The molecule has 4 rings (SSSR count). The number of pyridine rings is 1. The van der Waals surface area contributed by atoms with Gasteiger partial charge in [0.15, 0.2) is 6.10 Å². The first-order valence-corrected chi connectivity index (χ1v) is 11.5. The Hall–Kier alpha value is -3.09. The molecule has 2 aliphatic heterocycles. The van der Waals surface area contributed by atoms with Crippen LogP contribution >= 0.6 is 0 Å². The maximum atomic E-state index is 14.4. The Balaban J connectivity index is 1.57. The van der Waals surface area contributed by atoms with Crippen LogP contribution in [0.15, 0.2) is 33.9 Å². The molecule has 0 aliphatic carbocycles. The molecule has 0 spiro atoms. The van der Waals surface area contributed by atoms with Gasteiger partial charge in [-0.1, -0.05) is 5.16 Å². The molecule has 1 saturated heterocycles. The maximum Gasteiger partial charge on any atom is 0.249 e. The number of alkyl halides is 1. The summed E-state index contributed by atoms with van der Waals surface area (Å²) >= 11 is 0. The van der Waals surface area contributed by atoms with E-state index < -0.39 is 57.0 Å². The molecular formula is C20H17F5N4O3S. The van der Waals surface area contributed by atoms with E-state index in [0.29, 0.717) is 18.0 Å². The number of sulfonamides is 1. The molecular weight excluding hydrogens is 471 g/mol. The van der Waals surface area contributed by atoms with Crippen LogP contribution < -0.4 is 0 Å². The summed E-state index contributed by atoms with van der Waals surface area (Å²) in [5.74, 6) is -4.98. The lowest BCUT2D eigenvalue weighted by molar-refractivity contribution is 0.0827. The molecule has 0 radical (unpaired) electrons. The third kappa shape index (κ3) is 4.97. The standard InChI is InChI=1S/C20H17F5N4O3S/c1-33(30,31)27-6-10-8-29(9-16(10)25)18-5-17(32-28-18)20-13(2-12(22)7-26-20)19-14(23)3-11(21)4-15(19)24/h2-4,6-7,10,16-17H,5,8-9H2,1H3/t10?,16-,17?/m0/s1. The Morgan fingerprint density at radius 3 is 2.48 bits per heavy atom. The van der Waals surface area contributed by atoms with Crippen LogP contribution in [0.4, 0.5) is 22.0 Å². The van der Waals surface area contributed by atoms with Crippen LogP contribution in [0.5, 0.6) is 0 Å². The van der Waals surface area contributed by atoms with Crippen molar-refractivity contribution in [2.75, 3.05) is 19.3 Å². The lowest BCUT2D eigenvalue weighted by Gasteiger charge is -2.17. The minimum atomic E-state index is -3.66. The number of amidine groups is 1. The lowest BCUT2D eigenvalue weighted by Crippen LogP contribution is -2.28. The van der Waals surface area contributed by atoms with Crippen LogP contribution in [-0.4, -0.2) is 55.9 Å². The predicted octanol–water partition coefficient (Wildman–Crippen LogP) is 3.38.